The number of hydrogen-bond donors (Lipinski definition) is 1. The third-order valence-electron chi connectivity index (χ3n) is 3.20. The topological polar surface area (TPSA) is 46.5 Å². The lowest BCUT2D eigenvalue weighted by atomic mass is 9.91. The molecule has 6 heteroatoms. The number of ether oxygens (including phenoxy) is 1. The summed E-state index contributed by atoms with van der Waals surface area (Å²) in [5.74, 6) is -2.58. The molecule has 0 unspecified atom stereocenters. The lowest BCUT2D eigenvalue weighted by Crippen LogP contribution is -2.17. The number of carboxylic acids is 1. The Morgan fingerprint density at radius 1 is 1.56 bits per heavy atom. The van der Waals surface area contributed by atoms with E-state index in [1.54, 1.807) is 0 Å². The van der Waals surface area contributed by atoms with Gasteiger partial charge in [0, 0.05) is 11.0 Å². The molecule has 1 aliphatic carbocycles. The number of methoxy groups -OCH3 is 1. The first-order chi connectivity index (χ1) is 8.41. The molecule has 1 fully saturated rings. The number of benzene rings is 1. The Balaban J connectivity index is 2.59. The van der Waals surface area contributed by atoms with Crippen LogP contribution in [0.1, 0.15) is 24.8 Å². The highest BCUT2D eigenvalue weighted by atomic mass is 79.9. The summed E-state index contributed by atoms with van der Waals surface area (Å²) >= 11 is 2.93. The molecule has 1 N–H and O–H groups in total. The molecule has 1 aromatic rings. The van der Waals surface area contributed by atoms with Crippen LogP contribution in [-0.4, -0.2) is 18.2 Å². The van der Waals surface area contributed by atoms with Gasteiger partial charge in [-0.25, -0.2) is 8.78 Å². The van der Waals surface area contributed by atoms with E-state index in [4.69, 9.17) is 9.84 Å². The monoisotopic (exact) mass is 320 g/mol. The van der Waals surface area contributed by atoms with E-state index >= 15 is 0 Å². The van der Waals surface area contributed by atoms with Crippen LogP contribution < -0.4 is 4.74 Å². The Bertz CT molecular complexity index is 513. The van der Waals surface area contributed by atoms with E-state index in [1.807, 2.05) is 0 Å². The molecule has 0 bridgehead atoms. The minimum absolute atomic E-state index is 0.0209. The zero-order chi connectivity index (χ0) is 13.5. The maximum absolute atomic E-state index is 14.1. The van der Waals surface area contributed by atoms with Crippen LogP contribution in [0.5, 0.6) is 5.75 Å². The van der Waals surface area contributed by atoms with E-state index in [9.17, 15) is 13.6 Å². The van der Waals surface area contributed by atoms with Crippen LogP contribution in [0.15, 0.2) is 10.5 Å². The average molecular weight is 321 g/mol. The second kappa shape index (κ2) is 4.50. The highest BCUT2D eigenvalue weighted by Gasteiger charge is 2.50. The summed E-state index contributed by atoms with van der Waals surface area (Å²) in [6.45, 7) is 0. The number of carbonyl (C=O) groups is 1. The molecule has 3 nitrogen and oxygen atoms in total. The van der Waals surface area contributed by atoms with E-state index in [1.165, 1.54) is 7.11 Å². The van der Waals surface area contributed by atoms with Gasteiger partial charge in [-0.1, -0.05) is 0 Å². The fourth-order valence-corrected chi connectivity index (χ4v) is 2.61. The minimum Gasteiger partial charge on any atom is -0.493 e. The van der Waals surface area contributed by atoms with Crippen molar-refractivity contribution in [2.45, 2.75) is 24.7 Å². The molecule has 0 atom stereocenters. The van der Waals surface area contributed by atoms with Crippen LogP contribution in [0.25, 0.3) is 0 Å². The van der Waals surface area contributed by atoms with E-state index in [0.717, 1.165) is 6.07 Å². The fourth-order valence-electron chi connectivity index (χ4n) is 2.21. The van der Waals surface area contributed by atoms with Crippen LogP contribution in [0.4, 0.5) is 8.78 Å². The zero-order valence-corrected chi connectivity index (χ0v) is 11.2. The third-order valence-corrected chi connectivity index (χ3v) is 3.78. The summed E-state index contributed by atoms with van der Waals surface area (Å²) in [6.07, 6.45) is 0.807. The summed E-state index contributed by atoms with van der Waals surface area (Å²) in [5, 5.41) is 8.87. The summed E-state index contributed by atoms with van der Waals surface area (Å²) in [5.41, 5.74) is -0.814. The minimum atomic E-state index is -1.03. The highest BCUT2D eigenvalue weighted by Crippen LogP contribution is 2.56. The smallest absolute Gasteiger partial charge is 0.304 e. The summed E-state index contributed by atoms with van der Waals surface area (Å²) in [4.78, 5) is 10.8. The van der Waals surface area contributed by atoms with Crippen LogP contribution in [0, 0.1) is 11.6 Å². The third kappa shape index (κ3) is 2.09. The van der Waals surface area contributed by atoms with Gasteiger partial charge in [-0.15, -0.1) is 0 Å². The van der Waals surface area contributed by atoms with Gasteiger partial charge in [-0.05, 0) is 34.8 Å². The molecule has 1 aromatic carbocycles. The Labute approximate surface area is 111 Å². The predicted molar refractivity (Wildman–Crippen MR) is 63.8 cm³/mol. The molecule has 1 aliphatic rings. The van der Waals surface area contributed by atoms with E-state index in [0.29, 0.717) is 12.8 Å². The molecule has 0 aliphatic heterocycles. The standard InChI is InChI=1S/C12H11BrF2O3/c1-18-11-7(14)4-6(13)10(15)9(11)12(2-3-12)5-8(16)17/h4H,2-3,5H2,1H3,(H,16,17). The second-order valence-electron chi connectivity index (χ2n) is 4.41. The first-order valence-corrected chi connectivity index (χ1v) is 6.14. The van der Waals surface area contributed by atoms with Gasteiger partial charge in [0.1, 0.15) is 5.82 Å². The van der Waals surface area contributed by atoms with Crippen LogP contribution >= 0.6 is 15.9 Å². The number of carboxylic acid groups (broad SMARTS) is 1. The normalized spacial score (nSPS) is 16.4. The number of aliphatic carboxylic acids is 1. The maximum atomic E-state index is 14.1. The van der Waals surface area contributed by atoms with Crippen molar-refractivity contribution in [3.8, 4) is 5.75 Å². The van der Waals surface area contributed by atoms with Gasteiger partial charge in [0.2, 0.25) is 0 Å². The van der Waals surface area contributed by atoms with Crippen LogP contribution in [0.3, 0.4) is 0 Å². The van der Waals surface area contributed by atoms with Crippen molar-refractivity contribution in [1.82, 2.24) is 0 Å². The molecule has 0 spiro atoms. The van der Waals surface area contributed by atoms with Crippen molar-refractivity contribution < 1.29 is 23.4 Å². The van der Waals surface area contributed by atoms with Crippen LogP contribution in [0.2, 0.25) is 0 Å². The molecular formula is C12H11BrF2O3. The van der Waals surface area contributed by atoms with Crippen molar-refractivity contribution in [3.63, 3.8) is 0 Å². The molecule has 2 rings (SSSR count). The Morgan fingerprint density at radius 2 is 2.17 bits per heavy atom. The Morgan fingerprint density at radius 3 is 2.61 bits per heavy atom. The lowest BCUT2D eigenvalue weighted by Gasteiger charge is -2.19. The van der Waals surface area contributed by atoms with Gasteiger partial charge in [-0.2, -0.15) is 0 Å². The summed E-state index contributed by atoms with van der Waals surface area (Å²) in [7, 11) is 1.24. The van der Waals surface area contributed by atoms with Gasteiger partial charge in [0.15, 0.2) is 11.6 Å². The molecule has 1 saturated carbocycles. The SMILES string of the molecule is COc1c(F)cc(Br)c(F)c1C1(CC(=O)O)CC1. The Hall–Kier alpha value is -1.17. The summed E-state index contributed by atoms with van der Waals surface area (Å²) < 4.78 is 32.7. The highest BCUT2D eigenvalue weighted by molar-refractivity contribution is 9.10. The van der Waals surface area contributed by atoms with Crippen molar-refractivity contribution >= 4 is 21.9 Å². The van der Waals surface area contributed by atoms with Gasteiger partial charge < -0.3 is 9.84 Å². The van der Waals surface area contributed by atoms with Crippen molar-refractivity contribution in [2.24, 2.45) is 0 Å². The molecule has 0 amide bonds. The number of hydrogen-bond acceptors (Lipinski definition) is 2. The molecular weight excluding hydrogens is 310 g/mol. The Kier molecular flexibility index (Phi) is 3.31. The van der Waals surface area contributed by atoms with Crippen LogP contribution in [-0.2, 0) is 10.2 Å². The largest absolute Gasteiger partial charge is 0.493 e. The zero-order valence-electron chi connectivity index (χ0n) is 9.60. The molecule has 0 radical (unpaired) electrons. The number of halogens is 3. The van der Waals surface area contributed by atoms with E-state index in [2.05, 4.69) is 15.9 Å². The molecule has 0 heterocycles. The van der Waals surface area contributed by atoms with Gasteiger partial charge in [0.25, 0.3) is 0 Å². The van der Waals surface area contributed by atoms with Crippen molar-refractivity contribution in [1.29, 1.82) is 0 Å². The molecule has 0 aromatic heterocycles. The maximum Gasteiger partial charge on any atom is 0.304 e. The first-order valence-electron chi connectivity index (χ1n) is 5.35. The fraction of sp³-hybridized carbons (Fsp3) is 0.417. The second-order valence-corrected chi connectivity index (χ2v) is 5.27. The van der Waals surface area contributed by atoms with Gasteiger partial charge in [-0.3, -0.25) is 4.79 Å². The first kappa shape index (κ1) is 13.3. The van der Waals surface area contributed by atoms with E-state index in [-0.39, 0.29) is 22.2 Å². The summed E-state index contributed by atoms with van der Waals surface area (Å²) in [6, 6.07) is 0.981. The predicted octanol–water partition coefficient (Wildman–Crippen LogP) is 3.24. The van der Waals surface area contributed by atoms with Gasteiger partial charge >= 0.3 is 5.97 Å². The molecule has 98 valence electrons. The van der Waals surface area contributed by atoms with Crippen molar-refractivity contribution in [3.05, 3.63) is 27.7 Å². The lowest BCUT2D eigenvalue weighted by molar-refractivity contribution is -0.137. The molecule has 0 saturated heterocycles. The van der Waals surface area contributed by atoms with E-state index < -0.39 is 23.0 Å². The van der Waals surface area contributed by atoms with Crippen molar-refractivity contribution in [2.75, 3.05) is 7.11 Å². The van der Waals surface area contributed by atoms with Gasteiger partial charge in [0.05, 0.1) is 18.0 Å². The average Bonchev–Trinajstić information content (AvgIpc) is 3.02. The quantitative estimate of drug-likeness (QED) is 0.866. The number of rotatable bonds is 4. The molecule has 18 heavy (non-hydrogen) atoms.